The van der Waals surface area contributed by atoms with Crippen LogP contribution in [0.4, 0.5) is 5.69 Å². The molecular formula is C18H17N3O3S. The van der Waals surface area contributed by atoms with Crippen molar-refractivity contribution in [3.05, 3.63) is 68.5 Å². The molecule has 128 valence electrons. The molecule has 0 atom stereocenters. The minimum Gasteiger partial charge on any atom is -0.317 e. The largest absolute Gasteiger partial charge is 0.317 e. The second-order valence-electron chi connectivity index (χ2n) is 5.71. The van der Waals surface area contributed by atoms with E-state index < -0.39 is 4.92 Å². The van der Waals surface area contributed by atoms with Crippen LogP contribution in [-0.2, 0) is 17.8 Å². The zero-order chi connectivity index (χ0) is 18.0. The Bertz CT molecular complexity index is 1020. The molecule has 0 unspecified atom stereocenters. The van der Waals surface area contributed by atoms with Crippen LogP contribution in [0.15, 0.2) is 47.5 Å². The molecule has 0 aliphatic heterocycles. The standard InChI is InChI=1S/C18H17N3O3S/c1-3-20-15-9-8-14(21(23)24)11-16(15)25-18(20)19-17(22)10-13-6-4-12(2)5-7-13/h4-9,11H,3,10H2,1-2H3. The van der Waals surface area contributed by atoms with Crippen LogP contribution in [0.25, 0.3) is 10.2 Å². The van der Waals surface area contributed by atoms with Crippen LogP contribution in [0.3, 0.4) is 0 Å². The van der Waals surface area contributed by atoms with Gasteiger partial charge in [-0.15, -0.1) is 0 Å². The fourth-order valence-electron chi connectivity index (χ4n) is 2.59. The topological polar surface area (TPSA) is 77.5 Å². The maximum atomic E-state index is 12.3. The minimum atomic E-state index is -0.422. The van der Waals surface area contributed by atoms with Gasteiger partial charge in [0, 0.05) is 18.7 Å². The number of nitro groups is 1. The summed E-state index contributed by atoms with van der Waals surface area (Å²) in [6, 6.07) is 12.5. The molecule has 0 saturated carbocycles. The van der Waals surface area contributed by atoms with Gasteiger partial charge in [-0.25, -0.2) is 0 Å². The summed E-state index contributed by atoms with van der Waals surface area (Å²) in [5, 5.41) is 10.9. The van der Waals surface area contributed by atoms with Crippen molar-refractivity contribution in [3.63, 3.8) is 0 Å². The molecule has 0 saturated heterocycles. The van der Waals surface area contributed by atoms with Gasteiger partial charge in [-0.1, -0.05) is 41.2 Å². The number of hydrogen-bond donors (Lipinski definition) is 0. The van der Waals surface area contributed by atoms with E-state index in [0.717, 1.165) is 21.3 Å². The van der Waals surface area contributed by atoms with Gasteiger partial charge in [0.05, 0.1) is 21.6 Å². The summed E-state index contributed by atoms with van der Waals surface area (Å²) in [5.41, 5.74) is 2.94. The maximum Gasteiger partial charge on any atom is 0.270 e. The molecule has 3 aromatic rings. The molecule has 0 spiro atoms. The molecular weight excluding hydrogens is 338 g/mol. The van der Waals surface area contributed by atoms with E-state index in [2.05, 4.69) is 4.99 Å². The van der Waals surface area contributed by atoms with Gasteiger partial charge < -0.3 is 4.57 Å². The van der Waals surface area contributed by atoms with E-state index in [4.69, 9.17) is 0 Å². The molecule has 2 aromatic carbocycles. The van der Waals surface area contributed by atoms with Gasteiger partial charge in [0.1, 0.15) is 0 Å². The van der Waals surface area contributed by atoms with Gasteiger partial charge in [-0.05, 0) is 25.5 Å². The lowest BCUT2D eigenvalue weighted by Crippen LogP contribution is -2.16. The van der Waals surface area contributed by atoms with Crippen LogP contribution in [-0.4, -0.2) is 15.4 Å². The van der Waals surface area contributed by atoms with Crippen LogP contribution < -0.4 is 4.80 Å². The van der Waals surface area contributed by atoms with E-state index in [1.54, 1.807) is 6.07 Å². The molecule has 1 heterocycles. The number of nitrogens with zero attached hydrogens (tertiary/aromatic N) is 3. The first kappa shape index (κ1) is 17.0. The average molecular weight is 355 g/mol. The van der Waals surface area contributed by atoms with Crippen LogP contribution >= 0.6 is 11.3 Å². The third-order valence-electron chi connectivity index (χ3n) is 3.89. The molecule has 0 radical (unpaired) electrons. The van der Waals surface area contributed by atoms with Crippen molar-refractivity contribution in [2.24, 2.45) is 4.99 Å². The highest BCUT2D eigenvalue weighted by molar-refractivity contribution is 7.16. The fourth-order valence-corrected chi connectivity index (χ4v) is 3.74. The van der Waals surface area contributed by atoms with Gasteiger partial charge in [0.15, 0.2) is 4.80 Å². The fraction of sp³-hybridized carbons (Fsp3) is 0.222. The molecule has 6 nitrogen and oxygen atoms in total. The third kappa shape index (κ3) is 3.66. The van der Waals surface area contributed by atoms with Gasteiger partial charge in [-0.3, -0.25) is 14.9 Å². The summed E-state index contributed by atoms with van der Waals surface area (Å²) in [7, 11) is 0. The second-order valence-corrected chi connectivity index (χ2v) is 6.72. The average Bonchev–Trinajstić information content (AvgIpc) is 2.92. The molecule has 0 bridgehead atoms. The molecule has 0 fully saturated rings. The predicted molar refractivity (Wildman–Crippen MR) is 97.6 cm³/mol. The highest BCUT2D eigenvalue weighted by Gasteiger charge is 2.12. The number of aromatic nitrogens is 1. The molecule has 0 aliphatic carbocycles. The number of amides is 1. The van der Waals surface area contributed by atoms with E-state index in [9.17, 15) is 14.9 Å². The smallest absolute Gasteiger partial charge is 0.270 e. The predicted octanol–water partition coefficient (Wildman–Crippen LogP) is 3.61. The summed E-state index contributed by atoms with van der Waals surface area (Å²) in [6.45, 7) is 4.59. The molecule has 0 N–H and O–H groups in total. The Morgan fingerprint density at radius 2 is 1.96 bits per heavy atom. The number of aryl methyl sites for hydroxylation is 2. The number of carbonyl (C=O) groups excluding carboxylic acids is 1. The Labute approximate surface area is 148 Å². The van der Waals surface area contributed by atoms with Crippen molar-refractivity contribution < 1.29 is 9.72 Å². The van der Waals surface area contributed by atoms with Crippen LogP contribution in [0, 0.1) is 17.0 Å². The number of carbonyl (C=O) groups is 1. The van der Waals surface area contributed by atoms with E-state index in [1.165, 1.54) is 23.5 Å². The Morgan fingerprint density at radius 3 is 2.60 bits per heavy atom. The lowest BCUT2D eigenvalue weighted by molar-refractivity contribution is -0.384. The summed E-state index contributed by atoms with van der Waals surface area (Å²) in [6.07, 6.45) is 0.235. The number of rotatable bonds is 4. The van der Waals surface area contributed by atoms with Gasteiger partial charge in [0.25, 0.3) is 11.6 Å². The van der Waals surface area contributed by atoms with E-state index >= 15 is 0 Å². The lowest BCUT2D eigenvalue weighted by atomic mass is 10.1. The first-order valence-electron chi connectivity index (χ1n) is 7.89. The number of nitro benzene ring substituents is 1. The summed E-state index contributed by atoms with van der Waals surface area (Å²) in [4.78, 5) is 27.6. The maximum absolute atomic E-state index is 12.3. The van der Waals surface area contributed by atoms with Crippen molar-refractivity contribution in [2.75, 3.05) is 0 Å². The molecule has 1 aromatic heterocycles. The minimum absolute atomic E-state index is 0.0366. The highest BCUT2D eigenvalue weighted by atomic mass is 32.1. The number of thiazole rings is 1. The quantitative estimate of drug-likeness (QED) is 0.530. The van der Waals surface area contributed by atoms with Gasteiger partial charge in [-0.2, -0.15) is 4.99 Å². The zero-order valence-corrected chi connectivity index (χ0v) is 14.7. The Balaban J connectivity index is 1.98. The highest BCUT2D eigenvalue weighted by Crippen LogP contribution is 2.23. The first-order valence-corrected chi connectivity index (χ1v) is 8.70. The molecule has 1 amide bonds. The van der Waals surface area contributed by atoms with Crippen LogP contribution in [0.1, 0.15) is 18.1 Å². The van der Waals surface area contributed by atoms with Crippen molar-refractivity contribution in [1.29, 1.82) is 0 Å². The Kier molecular flexibility index (Phi) is 4.76. The SMILES string of the molecule is CCn1c(=NC(=O)Cc2ccc(C)cc2)sc2cc([N+](=O)[O-])ccc21. The van der Waals surface area contributed by atoms with Crippen molar-refractivity contribution in [3.8, 4) is 0 Å². The summed E-state index contributed by atoms with van der Waals surface area (Å²) < 4.78 is 2.65. The van der Waals surface area contributed by atoms with Gasteiger partial charge in [0.2, 0.25) is 0 Å². The second kappa shape index (κ2) is 6.98. The lowest BCUT2D eigenvalue weighted by Gasteiger charge is -2.00. The van der Waals surface area contributed by atoms with Gasteiger partial charge >= 0.3 is 0 Å². The monoisotopic (exact) mass is 355 g/mol. The first-order chi connectivity index (χ1) is 12.0. The van der Waals surface area contributed by atoms with Crippen molar-refractivity contribution >= 4 is 33.1 Å². The summed E-state index contributed by atoms with van der Waals surface area (Å²) in [5.74, 6) is -0.230. The van der Waals surface area contributed by atoms with Crippen LogP contribution in [0.2, 0.25) is 0 Å². The number of non-ortho nitro benzene ring substituents is 1. The third-order valence-corrected chi connectivity index (χ3v) is 4.93. The molecule has 25 heavy (non-hydrogen) atoms. The number of fused-ring (bicyclic) bond motifs is 1. The number of hydrogen-bond acceptors (Lipinski definition) is 4. The molecule has 7 heteroatoms. The Morgan fingerprint density at radius 1 is 1.24 bits per heavy atom. The van der Waals surface area contributed by atoms with Crippen molar-refractivity contribution in [2.45, 2.75) is 26.8 Å². The van der Waals surface area contributed by atoms with Crippen molar-refractivity contribution in [1.82, 2.24) is 4.57 Å². The van der Waals surface area contributed by atoms with Crippen LogP contribution in [0.5, 0.6) is 0 Å². The van der Waals surface area contributed by atoms with E-state index in [1.807, 2.05) is 42.7 Å². The zero-order valence-electron chi connectivity index (χ0n) is 13.9. The number of benzene rings is 2. The van der Waals surface area contributed by atoms with E-state index in [-0.39, 0.29) is 18.0 Å². The molecule has 0 aliphatic rings. The summed E-state index contributed by atoms with van der Waals surface area (Å²) >= 11 is 1.29. The Hall–Kier alpha value is -2.80. The van der Waals surface area contributed by atoms with E-state index in [0.29, 0.717) is 11.3 Å². The molecule has 3 rings (SSSR count). The normalized spacial score (nSPS) is 11.8.